The summed E-state index contributed by atoms with van der Waals surface area (Å²) in [5.41, 5.74) is 17.8. The summed E-state index contributed by atoms with van der Waals surface area (Å²) in [6.45, 7) is 5.14. The molecule has 0 saturated heterocycles. The number of pyridine rings is 1. The Labute approximate surface area is 176 Å². The average Bonchev–Trinajstić information content (AvgIpc) is 2.55. The number of aryl methyl sites for hydroxylation is 1. The summed E-state index contributed by atoms with van der Waals surface area (Å²) in [5.74, 6) is 0.925. The minimum Gasteiger partial charge on any atom is -0.482 e. The molecule has 0 spiro atoms. The molecule has 5 nitrogen and oxygen atoms in total. The fraction of sp³-hybridized carbons (Fsp3) is 0.222. The molecule has 0 aliphatic heterocycles. The zero-order valence-electron chi connectivity index (χ0n) is 14.9. The number of nitrogens with one attached hydrogen (secondary N) is 2. The fourth-order valence-electron chi connectivity index (χ4n) is 2.19. The van der Waals surface area contributed by atoms with Crippen molar-refractivity contribution in [2.75, 3.05) is 18.4 Å². The molecular formula is C18H22N5NaS. The number of benzene rings is 1. The predicted molar refractivity (Wildman–Crippen MR) is 105 cm³/mol. The van der Waals surface area contributed by atoms with Crippen LogP contribution in [0, 0.1) is 13.8 Å². The van der Waals surface area contributed by atoms with Crippen molar-refractivity contribution in [1.29, 1.82) is 0 Å². The van der Waals surface area contributed by atoms with Crippen molar-refractivity contribution in [1.82, 2.24) is 4.98 Å². The van der Waals surface area contributed by atoms with Gasteiger partial charge in [-0.25, -0.2) is 4.98 Å². The molecule has 126 valence electrons. The van der Waals surface area contributed by atoms with E-state index < -0.39 is 0 Å². The zero-order valence-corrected chi connectivity index (χ0v) is 17.8. The Kier molecular flexibility index (Phi) is 9.06. The van der Waals surface area contributed by atoms with Gasteiger partial charge in [0.15, 0.2) is 0 Å². The zero-order chi connectivity index (χ0) is 17.5. The second kappa shape index (κ2) is 10.5. The summed E-state index contributed by atoms with van der Waals surface area (Å²) in [6.07, 6.45) is 3.27. The van der Waals surface area contributed by atoms with E-state index in [2.05, 4.69) is 27.9 Å². The largest absolute Gasteiger partial charge is 1.00 e. The van der Waals surface area contributed by atoms with Gasteiger partial charge in [-0.2, -0.15) is 0 Å². The van der Waals surface area contributed by atoms with Crippen molar-refractivity contribution in [2.45, 2.75) is 18.7 Å². The Morgan fingerprint density at radius 2 is 2.08 bits per heavy atom. The normalized spacial score (nSPS) is 11.8. The number of hydrogen-bond acceptors (Lipinski definition) is 5. The number of amidine groups is 1. The Bertz CT molecular complexity index is 757. The third-order valence-corrected chi connectivity index (χ3v) is 3.92. The molecule has 1 aromatic heterocycles. The van der Waals surface area contributed by atoms with Crippen LogP contribution in [0.15, 0.2) is 52.5 Å². The molecule has 0 amide bonds. The number of rotatable bonds is 6. The molecule has 0 fully saturated rings. The number of anilines is 1. The van der Waals surface area contributed by atoms with Crippen LogP contribution >= 0.6 is 12.6 Å². The molecule has 0 atom stereocenters. The number of nitrogens with two attached hydrogens (primary N) is 1. The van der Waals surface area contributed by atoms with E-state index in [1.165, 1.54) is 5.56 Å². The topological polar surface area (TPSA) is 87.1 Å². The van der Waals surface area contributed by atoms with Gasteiger partial charge in [-0.05, 0) is 49.7 Å². The second-order valence-electron chi connectivity index (χ2n) is 5.44. The van der Waals surface area contributed by atoms with Crippen molar-refractivity contribution in [3.8, 4) is 0 Å². The summed E-state index contributed by atoms with van der Waals surface area (Å²) in [6, 6.07) is 9.69. The first kappa shape index (κ1) is 21.6. The van der Waals surface area contributed by atoms with E-state index in [9.17, 15) is 0 Å². The van der Waals surface area contributed by atoms with Gasteiger partial charge in [0.25, 0.3) is 0 Å². The Balaban J connectivity index is 0.00000312. The molecular weight excluding hydrogens is 341 g/mol. The van der Waals surface area contributed by atoms with E-state index in [4.69, 9.17) is 11.5 Å². The predicted octanol–water partition coefficient (Wildman–Crippen LogP) is 0.854. The van der Waals surface area contributed by atoms with Crippen molar-refractivity contribution in [3.05, 3.63) is 65.0 Å². The molecule has 2 rings (SSSR count). The standard InChI is InChI=1S/C18H22N5S.Na/c1-12-4-3-5-15(13(12)2)16(19)10-17(20)21-8-9-22-18-7-6-14(24)11-23-18;/h3-7,10-11H,8-9H2,1-2H3,(H5-,19,20,21,22,23,24);/q-1;+1. The molecule has 0 radical (unpaired) electrons. The molecule has 0 aliphatic rings. The van der Waals surface area contributed by atoms with Crippen molar-refractivity contribution in [2.24, 2.45) is 10.7 Å². The van der Waals surface area contributed by atoms with Gasteiger partial charge in [0.2, 0.25) is 0 Å². The molecule has 1 aromatic carbocycles. The van der Waals surface area contributed by atoms with Crippen molar-refractivity contribution >= 4 is 30.0 Å². The van der Waals surface area contributed by atoms with Crippen LogP contribution < -0.4 is 40.6 Å². The molecule has 0 aliphatic carbocycles. The van der Waals surface area contributed by atoms with Crippen LogP contribution in [0.5, 0.6) is 0 Å². The first-order valence-electron chi connectivity index (χ1n) is 7.66. The summed E-state index contributed by atoms with van der Waals surface area (Å²) in [4.78, 5) is 9.20. The third-order valence-electron chi connectivity index (χ3n) is 3.66. The molecule has 1 heterocycles. The Morgan fingerprint density at radius 3 is 2.76 bits per heavy atom. The van der Waals surface area contributed by atoms with E-state index in [1.807, 2.05) is 44.2 Å². The Morgan fingerprint density at radius 1 is 1.32 bits per heavy atom. The average molecular weight is 363 g/mol. The molecule has 2 aromatic rings. The van der Waals surface area contributed by atoms with Crippen molar-refractivity contribution < 1.29 is 29.6 Å². The van der Waals surface area contributed by atoms with E-state index in [1.54, 1.807) is 12.3 Å². The van der Waals surface area contributed by atoms with Crippen LogP contribution in [-0.2, 0) is 0 Å². The molecule has 25 heavy (non-hydrogen) atoms. The summed E-state index contributed by atoms with van der Waals surface area (Å²) < 4.78 is 0. The van der Waals surface area contributed by atoms with Gasteiger partial charge in [-0.1, -0.05) is 24.0 Å². The maximum Gasteiger partial charge on any atom is 1.00 e. The van der Waals surface area contributed by atoms with Crippen LogP contribution in [0.25, 0.3) is 11.4 Å². The first-order valence-corrected chi connectivity index (χ1v) is 8.11. The summed E-state index contributed by atoms with van der Waals surface area (Å²) in [5, 5.41) is 3.14. The van der Waals surface area contributed by atoms with Gasteiger partial charge in [-0.3, -0.25) is 0 Å². The van der Waals surface area contributed by atoms with E-state index >= 15 is 0 Å². The van der Waals surface area contributed by atoms with Gasteiger partial charge in [0.05, 0.1) is 0 Å². The Hall–Kier alpha value is -1.47. The van der Waals surface area contributed by atoms with Gasteiger partial charge in [-0.15, -0.1) is 12.6 Å². The van der Waals surface area contributed by atoms with Crippen LogP contribution in [0.3, 0.4) is 0 Å². The number of nitrogens with zero attached hydrogens (tertiary/aromatic N) is 2. The number of hydrogen-bond donors (Lipinski definition) is 3. The van der Waals surface area contributed by atoms with E-state index in [0.717, 1.165) is 21.8 Å². The van der Waals surface area contributed by atoms with Gasteiger partial charge in [0, 0.05) is 28.9 Å². The van der Waals surface area contributed by atoms with Crippen LogP contribution in [0.1, 0.15) is 16.7 Å². The SMILES string of the molecule is Cc1cccc(/C(N)=C/C([NH-])=NCCNc2ccc(S)cn2)c1C.[Na+]. The van der Waals surface area contributed by atoms with Crippen LogP contribution in [0.4, 0.5) is 5.82 Å². The third kappa shape index (κ3) is 6.74. The monoisotopic (exact) mass is 363 g/mol. The minimum absolute atomic E-state index is 0. The molecule has 0 bridgehead atoms. The smallest absolute Gasteiger partial charge is 0.482 e. The minimum atomic E-state index is 0. The maximum atomic E-state index is 7.93. The molecule has 0 unspecified atom stereocenters. The van der Waals surface area contributed by atoms with E-state index in [-0.39, 0.29) is 35.4 Å². The summed E-state index contributed by atoms with van der Waals surface area (Å²) >= 11 is 4.19. The van der Waals surface area contributed by atoms with Crippen LogP contribution in [-0.4, -0.2) is 23.9 Å². The number of aliphatic imine (C=N–C) groups is 1. The van der Waals surface area contributed by atoms with Crippen LogP contribution in [0.2, 0.25) is 0 Å². The molecule has 4 N–H and O–H groups in total. The fourth-order valence-corrected chi connectivity index (χ4v) is 2.32. The van der Waals surface area contributed by atoms with Gasteiger partial charge >= 0.3 is 29.6 Å². The molecule has 7 heteroatoms. The first-order chi connectivity index (χ1) is 11.5. The van der Waals surface area contributed by atoms with Gasteiger partial charge < -0.3 is 21.8 Å². The molecule has 0 saturated carbocycles. The van der Waals surface area contributed by atoms with Gasteiger partial charge in [0.1, 0.15) is 5.82 Å². The maximum absolute atomic E-state index is 7.93. The van der Waals surface area contributed by atoms with E-state index in [0.29, 0.717) is 18.8 Å². The second-order valence-corrected chi connectivity index (χ2v) is 5.96. The summed E-state index contributed by atoms with van der Waals surface area (Å²) in [7, 11) is 0. The van der Waals surface area contributed by atoms with Crippen molar-refractivity contribution in [3.63, 3.8) is 0 Å². The number of aromatic nitrogens is 1. The number of thiol groups is 1. The quantitative estimate of drug-likeness (QED) is 0.234.